The number of hydrogen-bond donors (Lipinski definition) is 1. The van der Waals surface area contributed by atoms with Crippen molar-refractivity contribution >= 4 is 11.7 Å². The highest BCUT2D eigenvalue weighted by Crippen LogP contribution is 2.12. The summed E-state index contributed by atoms with van der Waals surface area (Å²) in [5, 5.41) is 2.71. The molecule has 0 saturated carbocycles. The number of carbonyl (C=O) groups excluding carboxylic acids is 2. The Morgan fingerprint density at radius 3 is 2.22 bits per heavy atom. The third-order valence-electron chi connectivity index (χ3n) is 3.07. The highest BCUT2D eigenvalue weighted by Gasteiger charge is 2.04. The predicted octanol–water partition coefficient (Wildman–Crippen LogP) is 2.46. The van der Waals surface area contributed by atoms with Gasteiger partial charge < -0.3 is 14.8 Å². The summed E-state index contributed by atoms with van der Waals surface area (Å²) in [5.74, 6) is 1.08. The Labute approximate surface area is 135 Å². The van der Waals surface area contributed by atoms with E-state index in [0.29, 0.717) is 24.5 Å². The van der Waals surface area contributed by atoms with Crippen LogP contribution < -0.4 is 14.8 Å². The van der Waals surface area contributed by atoms with Gasteiger partial charge in [-0.1, -0.05) is 18.2 Å². The van der Waals surface area contributed by atoms with Crippen LogP contribution in [0.5, 0.6) is 11.5 Å². The molecule has 2 rings (SSSR count). The Bertz CT molecular complexity index is 638. The van der Waals surface area contributed by atoms with E-state index in [9.17, 15) is 9.59 Å². The lowest BCUT2D eigenvalue weighted by atomic mass is 10.1. The molecule has 0 saturated heterocycles. The van der Waals surface area contributed by atoms with Crippen LogP contribution in [0.15, 0.2) is 54.6 Å². The van der Waals surface area contributed by atoms with Crippen molar-refractivity contribution in [2.45, 2.75) is 6.92 Å². The van der Waals surface area contributed by atoms with Crippen molar-refractivity contribution in [1.82, 2.24) is 5.32 Å². The van der Waals surface area contributed by atoms with Crippen LogP contribution in [0.25, 0.3) is 0 Å². The van der Waals surface area contributed by atoms with Crippen molar-refractivity contribution < 1.29 is 19.1 Å². The average Bonchev–Trinajstić information content (AvgIpc) is 2.58. The third kappa shape index (κ3) is 5.82. The smallest absolute Gasteiger partial charge is 0.258 e. The van der Waals surface area contributed by atoms with Crippen LogP contribution in [-0.2, 0) is 4.79 Å². The molecule has 0 heterocycles. The summed E-state index contributed by atoms with van der Waals surface area (Å²) in [4.78, 5) is 22.8. The molecule has 2 aromatic carbocycles. The molecule has 0 fully saturated rings. The van der Waals surface area contributed by atoms with Crippen LogP contribution in [0.1, 0.15) is 17.3 Å². The van der Waals surface area contributed by atoms with E-state index < -0.39 is 0 Å². The average molecular weight is 313 g/mol. The lowest BCUT2D eigenvalue weighted by molar-refractivity contribution is -0.123. The largest absolute Gasteiger partial charge is 0.492 e. The zero-order valence-corrected chi connectivity index (χ0v) is 13.0. The molecule has 5 heteroatoms. The first-order valence-corrected chi connectivity index (χ1v) is 7.33. The van der Waals surface area contributed by atoms with Crippen molar-refractivity contribution in [3.05, 3.63) is 60.2 Å². The van der Waals surface area contributed by atoms with Crippen LogP contribution in [-0.4, -0.2) is 31.4 Å². The molecule has 0 spiro atoms. The summed E-state index contributed by atoms with van der Waals surface area (Å²) in [6.45, 7) is 2.22. The van der Waals surface area contributed by atoms with Crippen molar-refractivity contribution in [2.75, 3.05) is 19.8 Å². The SMILES string of the molecule is CC(=O)c1ccc(OCC(=O)NCCOc2ccccc2)cc1. The summed E-state index contributed by atoms with van der Waals surface area (Å²) in [5.41, 5.74) is 0.611. The van der Waals surface area contributed by atoms with E-state index in [2.05, 4.69) is 5.32 Å². The van der Waals surface area contributed by atoms with Gasteiger partial charge >= 0.3 is 0 Å². The van der Waals surface area contributed by atoms with E-state index in [1.165, 1.54) is 6.92 Å². The van der Waals surface area contributed by atoms with Crippen LogP contribution >= 0.6 is 0 Å². The van der Waals surface area contributed by atoms with Gasteiger partial charge in [-0.25, -0.2) is 0 Å². The third-order valence-corrected chi connectivity index (χ3v) is 3.07. The fraction of sp³-hybridized carbons (Fsp3) is 0.222. The van der Waals surface area contributed by atoms with Gasteiger partial charge in [0.1, 0.15) is 18.1 Å². The summed E-state index contributed by atoms with van der Waals surface area (Å²) < 4.78 is 10.8. The minimum absolute atomic E-state index is 0.00675. The van der Waals surface area contributed by atoms with Crippen LogP contribution in [0.3, 0.4) is 0 Å². The minimum atomic E-state index is -0.225. The van der Waals surface area contributed by atoms with Crippen LogP contribution in [0.4, 0.5) is 0 Å². The van der Waals surface area contributed by atoms with Gasteiger partial charge in [-0.3, -0.25) is 9.59 Å². The quantitative estimate of drug-likeness (QED) is 0.600. The molecule has 0 aliphatic heterocycles. The van der Waals surface area contributed by atoms with E-state index in [0.717, 1.165) is 5.75 Å². The maximum absolute atomic E-state index is 11.7. The number of para-hydroxylation sites is 1. The second-order valence-corrected chi connectivity index (χ2v) is 4.88. The summed E-state index contributed by atoms with van der Waals surface area (Å²) in [6, 6.07) is 16.1. The molecular weight excluding hydrogens is 294 g/mol. The molecule has 23 heavy (non-hydrogen) atoms. The molecule has 1 amide bonds. The molecule has 0 aliphatic rings. The molecule has 0 aliphatic carbocycles. The highest BCUT2D eigenvalue weighted by molar-refractivity contribution is 5.94. The lowest BCUT2D eigenvalue weighted by Gasteiger charge is -2.09. The molecular formula is C18H19NO4. The number of carbonyl (C=O) groups is 2. The fourth-order valence-electron chi connectivity index (χ4n) is 1.86. The number of hydrogen-bond acceptors (Lipinski definition) is 4. The number of Topliss-reactive ketones (excluding diaryl/α,β-unsaturated/α-hetero) is 1. The molecule has 2 aromatic rings. The standard InChI is InChI=1S/C18H19NO4/c1-14(20)15-7-9-17(10-8-15)23-13-18(21)19-11-12-22-16-5-3-2-4-6-16/h2-10H,11-13H2,1H3,(H,19,21). The van der Waals surface area contributed by atoms with E-state index in [1.54, 1.807) is 24.3 Å². The summed E-state index contributed by atoms with van der Waals surface area (Å²) in [6.07, 6.45) is 0. The second-order valence-electron chi connectivity index (χ2n) is 4.88. The summed E-state index contributed by atoms with van der Waals surface area (Å²) in [7, 11) is 0. The molecule has 0 radical (unpaired) electrons. The predicted molar refractivity (Wildman–Crippen MR) is 86.9 cm³/mol. The zero-order valence-electron chi connectivity index (χ0n) is 13.0. The maximum Gasteiger partial charge on any atom is 0.258 e. The van der Waals surface area contributed by atoms with Crippen LogP contribution in [0, 0.1) is 0 Å². The highest BCUT2D eigenvalue weighted by atomic mass is 16.5. The fourth-order valence-corrected chi connectivity index (χ4v) is 1.86. The van der Waals surface area contributed by atoms with Gasteiger partial charge in [0.2, 0.25) is 0 Å². The Hall–Kier alpha value is -2.82. The maximum atomic E-state index is 11.7. The Kier molecular flexibility index (Phi) is 6.17. The van der Waals surface area contributed by atoms with Crippen molar-refractivity contribution in [3.63, 3.8) is 0 Å². The lowest BCUT2D eigenvalue weighted by Crippen LogP contribution is -2.32. The Morgan fingerprint density at radius 1 is 0.913 bits per heavy atom. The molecule has 0 unspecified atom stereocenters. The molecule has 0 bridgehead atoms. The molecule has 0 atom stereocenters. The zero-order chi connectivity index (χ0) is 16.5. The first-order valence-electron chi connectivity index (χ1n) is 7.33. The van der Waals surface area contributed by atoms with Crippen molar-refractivity contribution in [1.29, 1.82) is 0 Å². The topological polar surface area (TPSA) is 64.6 Å². The van der Waals surface area contributed by atoms with E-state index in [-0.39, 0.29) is 18.3 Å². The van der Waals surface area contributed by atoms with E-state index >= 15 is 0 Å². The van der Waals surface area contributed by atoms with Gasteiger partial charge in [0, 0.05) is 5.56 Å². The minimum Gasteiger partial charge on any atom is -0.492 e. The van der Waals surface area contributed by atoms with Gasteiger partial charge in [0.25, 0.3) is 5.91 Å². The van der Waals surface area contributed by atoms with Crippen LogP contribution in [0.2, 0.25) is 0 Å². The van der Waals surface area contributed by atoms with Gasteiger partial charge in [0.15, 0.2) is 12.4 Å². The number of nitrogens with one attached hydrogen (secondary N) is 1. The first-order chi connectivity index (χ1) is 11.1. The molecule has 1 N–H and O–H groups in total. The van der Waals surface area contributed by atoms with Gasteiger partial charge in [-0.15, -0.1) is 0 Å². The van der Waals surface area contributed by atoms with Gasteiger partial charge in [0.05, 0.1) is 6.54 Å². The Balaban J connectivity index is 1.64. The van der Waals surface area contributed by atoms with Gasteiger partial charge in [-0.05, 0) is 43.3 Å². The van der Waals surface area contributed by atoms with Gasteiger partial charge in [-0.2, -0.15) is 0 Å². The molecule has 120 valence electrons. The molecule has 5 nitrogen and oxygen atoms in total. The monoisotopic (exact) mass is 313 g/mol. The first kappa shape index (κ1) is 16.5. The van der Waals surface area contributed by atoms with Crippen molar-refractivity contribution in [3.8, 4) is 11.5 Å². The second kappa shape index (κ2) is 8.58. The van der Waals surface area contributed by atoms with Crippen molar-refractivity contribution in [2.24, 2.45) is 0 Å². The van der Waals surface area contributed by atoms with E-state index in [1.807, 2.05) is 30.3 Å². The number of benzene rings is 2. The normalized spacial score (nSPS) is 9.96. The Morgan fingerprint density at radius 2 is 1.57 bits per heavy atom. The number of ketones is 1. The van der Waals surface area contributed by atoms with E-state index in [4.69, 9.17) is 9.47 Å². The number of amides is 1. The molecule has 0 aromatic heterocycles. The number of ether oxygens (including phenoxy) is 2. The number of rotatable bonds is 8. The summed E-state index contributed by atoms with van der Waals surface area (Å²) >= 11 is 0.